The highest BCUT2D eigenvalue weighted by Gasteiger charge is 2.22. The van der Waals surface area contributed by atoms with Crippen molar-refractivity contribution in [3.63, 3.8) is 0 Å². The largest absolute Gasteiger partial charge is 0.356 e. The maximum absolute atomic E-state index is 4.32. The molecule has 0 aliphatic carbocycles. The summed E-state index contributed by atoms with van der Waals surface area (Å²) in [5.41, 5.74) is 6.54. The second-order valence-electron chi connectivity index (χ2n) is 5.90. The van der Waals surface area contributed by atoms with Crippen molar-refractivity contribution in [2.24, 2.45) is 0 Å². The number of rotatable bonds is 6. The van der Waals surface area contributed by atoms with E-state index in [0.717, 1.165) is 35.6 Å². The van der Waals surface area contributed by atoms with Crippen LogP contribution < -0.4 is 10.6 Å². The van der Waals surface area contributed by atoms with Gasteiger partial charge in [-0.3, -0.25) is 0 Å². The van der Waals surface area contributed by atoms with Crippen LogP contribution in [0.25, 0.3) is 0 Å². The average molecular weight is 357 g/mol. The van der Waals surface area contributed by atoms with E-state index in [1.165, 1.54) is 21.0 Å². The van der Waals surface area contributed by atoms with Crippen LogP contribution in [0.5, 0.6) is 0 Å². The molecular weight excluding hydrogens is 324 g/mol. The maximum atomic E-state index is 4.32. The summed E-state index contributed by atoms with van der Waals surface area (Å²) in [5.74, 6) is 0. The van der Waals surface area contributed by atoms with Crippen LogP contribution in [-0.2, 0) is 0 Å². The van der Waals surface area contributed by atoms with Gasteiger partial charge in [-0.05, 0) is 52.2 Å². The van der Waals surface area contributed by atoms with E-state index in [1.54, 1.807) is 11.8 Å². The lowest BCUT2D eigenvalue weighted by Crippen LogP contribution is -2.22. The Balaban J connectivity index is 3.27. The first-order valence-corrected chi connectivity index (χ1v) is 9.71. The zero-order chi connectivity index (χ0) is 19.0. The van der Waals surface area contributed by atoms with Gasteiger partial charge in [-0.15, -0.1) is 0 Å². The van der Waals surface area contributed by atoms with Crippen LogP contribution >= 0.6 is 11.8 Å². The minimum absolute atomic E-state index is 0.944. The van der Waals surface area contributed by atoms with Crippen LogP contribution in [0.2, 0.25) is 0 Å². The van der Waals surface area contributed by atoms with Crippen LogP contribution in [0.3, 0.4) is 0 Å². The molecular formula is C22H32N2S. The van der Waals surface area contributed by atoms with E-state index in [2.05, 4.69) is 68.9 Å². The van der Waals surface area contributed by atoms with E-state index in [1.807, 2.05) is 20.8 Å². The van der Waals surface area contributed by atoms with Crippen molar-refractivity contribution < 1.29 is 0 Å². The number of hydrogen-bond donors (Lipinski definition) is 2. The predicted molar refractivity (Wildman–Crippen MR) is 115 cm³/mol. The standard InChI is InChI=1S/C22H32N2S/c1-9-14-18(16(7)23-19(11-3)15(6)10-2)22-17(8)24-20(12-4)21(13-5)25-22/h10-13,23-24H,7-9,14H2,1-6H3/b15-10-,19-11+,20-12+,21-13+,22-18-. The molecule has 1 aliphatic rings. The molecule has 0 aromatic rings. The Labute approximate surface area is 158 Å². The van der Waals surface area contributed by atoms with Crippen LogP contribution in [0.1, 0.15) is 54.4 Å². The summed E-state index contributed by atoms with van der Waals surface area (Å²) in [6.45, 7) is 21.1. The quantitative estimate of drug-likeness (QED) is 0.520. The van der Waals surface area contributed by atoms with Crippen molar-refractivity contribution in [2.75, 3.05) is 0 Å². The molecule has 1 rings (SSSR count). The van der Waals surface area contributed by atoms with E-state index >= 15 is 0 Å². The summed E-state index contributed by atoms with van der Waals surface area (Å²) < 4.78 is 0. The highest BCUT2D eigenvalue weighted by Crippen LogP contribution is 2.42. The number of allylic oxidation sites excluding steroid dienone is 6. The molecule has 0 amide bonds. The summed E-state index contributed by atoms with van der Waals surface area (Å²) in [5, 5.41) is 6.94. The summed E-state index contributed by atoms with van der Waals surface area (Å²) in [6.07, 6.45) is 10.4. The maximum Gasteiger partial charge on any atom is 0.0479 e. The Morgan fingerprint density at radius 1 is 1.16 bits per heavy atom. The Hall–Kier alpha value is -1.87. The normalized spacial score (nSPS) is 21.4. The molecule has 2 nitrogen and oxygen atoms in total. The summed E-state index contributed by atoms with van der Waals surface area (Å²) in [4.78, 5) is 2.40. The Kier molecular flexibility index (Phi) is 8.64. The van der Waals surface area contributed by atoms with E-state index in [-0.39, 0.29) is 0 Å². The van der Waals surface area contributed by atoms with E-state index in [0.29, 0.717) is 0 Å². The smallest absolute Gasteiger partial charge is 0.0479 e. The fourth-order valence-corrected chi connectivity index (χ4v) is 3.76. The second kappa shape index (κ2) is 10.2. The van der Waals surface area contributed by atoms with Gasteiger partial charge in [-0.1, -0.05) is 62.6 Å². The van der Waals surface area contributed by atoms with Crippen LogP contribution in [-0.4, -0.2) is 0 Å². The highest BCUT2D eigenvalue weighted by molar-refractivity contribution is 8.07. The summed E-state index contributed by atoms with van der Waals surface area (Å²) >= 11 is 1.77. The van der Waals surface area contributed by atoms with Gasteiger partial charge in [-0.25, -0.2) is 0 Å². The zero-order valence-electron chi connectivity index (χ0n) is 16.5. The zero-order valence-corrected chi connectivity index (χ0v) is 17.4. The first kappa shape index (κ1) is 21.2. The van der Waals surface area contributed by atoms with Crippen LogP contribution in [0.4, 0.5) is 0 Å². The van der Waals surface area contributed by atoms with Gasteiger partial charge in [0.2, 0.25) is 0 Å². The molecule has 0 bridgehead atoms. The number of nitrogens with one attached hydrogen (secondary N) is 2. The fourth-order valence-electron chi connectivity index (χ4n) is 2.62. The molecule has 0 aromatic carbocycles. The van der Waals surface area contributed by atoms with Crippen molar-refractivity contribution in [1.29, 1.82) is 0 Å². The Bertz CT molecular complexity index is 685. The molecule has 1 heterocycles. The molecule has 136 valence electrons. The lowest BCUT2D eigenvalue weighted by molar-refractivity contribution is 0.862. The minimum Gasteiger partial charge on any atom is -0.356 e. The molecule has 0 spiro atoms. The van der Waals surface area contributed by atoms with Crippen LogP contribution in [0.15, 0.2) is 81.2 Å². The van der Waals surface area contributed by atoms with E-state index in [4.69, 9.17) is 0 Å². The van der Waals surface area contributed by atoms with Gasteiger partial charge in [0, 0.05) is 32.6 Å². The third-order valence-corrected chi connectivity index (χ3v) is 5.53. The van der Waals surface area contributed by atoms with Crippen LogP contribution in [0, 0.1) is 0 Å². The van der Waals surface area contributed by atoms with Gasteiger partial charge < -0.3 is 10.6 Å². The van der Waals surface area contributed by atoms with E-state index < -0.39 is 0 Å². The van der Waals surface area contributed by atoms with Gasteiger partial charge in [0.05, 0.1) is 0 Å². The summed E-state index contributed by atoms with van der Waals surface area (Å²) in [7, 11) is 0. The van der Waals surface area contributed by atoms with Gasteiger partial charge in [-0.2, -0.15) is 0 Å². The SMILES string of the molecule is C=C(NC(=C/C)/C(C)=C\C)/C(CCC)=C1\SC(=C/C)/C(=C\C)NC1=C. The minimum atomic E-state index is 0.944. The van der Waals surface area contributed by atoms with Gasteiger partial charge in [0.15, 0.2) is 0 Å². The third-order valence-electron chi connectivity index (χ3n) is 4.16. The van der Waals surface area contributed by atoms with Crippen molar-refractivity contribution >= 4 is 11.8 Å². The predicted octanol–water partition coefficient (Wildman–Crippen LogP) is 6.67. The molecule has 2 N–H and O–H groups in total. The molecule has 0 aromatic heterocycles. The first-order chi connectivity index (χ1) is 11.9. The molecule has 1 fully saturated rings. The fraction of sp³-hybridized carbons (Fsp3) is 0.364. The number of hydrogen-bond acceptors (Lipinski definition) is 3. The molecule has 0 saturated carbocycles. The van der Waals surface area contributed by atoms with Gasteiger partial charge in [0.25, 0.3) is 0 Å². The summed E-state index contributed by atoms with van der Waals surface area (Å²) in [6, 6.07) is 0. The van der Waals surface area contributed by atoms with Crippen molar-refractivity contribution in [1.82, 2.24) is 10.6 Å². The van der Waals surface area contributed by atoms with Crippen molar-refractivity contribution in [3.8, 4) is 0 Å². The molecule has 0 radical (unpaired) electrons. The first-order valence-electron chi connectivity index (χ1n) is 8.89. The second-order valence-corrected chi connectivity index (χ2v) is 6.95. The van der Waals surface area contributed by atoms with Crippen molar-refractivity contribution in [3.05, 3.63) is 81.2 Å². The number of thioether (sulfide) groups is 1. The highest BCUT2D eigenvalue weighted by atomic mass is 32.2. The average Bonchev–Trinajstić information content (AvgIpc) is 2.63. The Morgan fingerprint density at radius 3 is 2.32 bits per heavy atom. The lowest BCUT2D eigenvalue weighted by Gasteiger charge is -2.28. The molecule has 0 atom stereocenters. The Morgan fingerprint density at radius 2 is 1.84 bits per heavy atom. The molecule has 1 saturated heterocycles. The van der Waals surface area contributed by atoms with E-state index in [9.17, 15) is 0 Å². The van der Waals surface area contributed by atoms with Gasteiger partial charge in [0.1, 0.15) is 0 Å². The molecule has 3 heteroatoms. The topological polar surface area (TPSA) is 24.1 Å². The molecule has 0 unspecified atom stereocenters. The third kappa shape index (κ3) is 5.30. The lowest BCUT2D eigenvalue weighted by atomic mass is 10.0. The van der Waals surface area contributed by atoms with Crippen molar-refractivity contribution in [2.45, 2.75) is 54.4 Å². The molecule has 25 heavy (non-hydrogen) atoms. The molecule has 1 aliphatic heterocycles. The monoisotopic (exact) mass is 356 g/mol. The van der Waals surface area contributed by atoms with Gasteiger partial charge >= 0.3 is 0 Å².